The van der Waals surface area contributed by atoms with E-state index in [-0.39, 0.29) is 18.4 Å². The highest BCUT2D eigenvalue weighted by atomic mass is 16.5. The van der Waals surface area contributed by atoms with E-state index in [9.17, 15) is 9.59 Å². The van der Waals surface area contributed by atoms with Gasteiger partial charge in [0.15, 0.2) is 0 Å². The highest BCUT2D eigenvalue weighted by molar-refractivity contribution is 5.87. The van der Waals surface area contributed by atoms with E-state index in [1.807, 2.05) is 0 Å². The van der Waals surface area contributed by atoms with E-state index in [2.05, 4.69) is 27.5 Å². The smallest absolute Gasteiger partial charge is 0.247 e. The van der Waals surface area contributed by atoms with Crippen molar-refractivity contribution in [2.75, 3.05) is 19.0 Å². The number of aromatic nitrogens is 1. The van der Waals surface area contributed by atoms with Crippen LogP contribution in [0.4, 0.5) is 5.82 Å². The van der Waals surface area contributed by atoms with Crippen molar-refractivity contribution in [3.05, 3.63) is 23.9 Å². The first-order chi connectivity index (χ1) is 11.5. The lowest BCUT2D eigenvalue weighted by Gasteiger charge is -2.33. The molecule has 2 rings (SSSR count). The fraction of sp³-hybridized carbons (Fsp3) is 0.500. The molecular weight excluding hydrogens is 306 g/mol. The number of nitrogens with one attached hydrogen (secondary N) is 2. The van der Waals surface area contributed by atoms with Crippen LogP contribution in [0, 0.1) is 11.8 Å². The van der Waals surface area contributed by atoms with E-state index < -0.39 is 5.54 Å². The van der Waals surface area contributed by atoms with Gasteiger partial charge in [-0.15, -0.1) is 0 Å². The van der Waals surface area contributed by atoms with Crippen molar-refractivity contribution in [2.45, 2.75) is 44.6 Å². The fourth-order valence-electron chi connectivity index (χ4n) is 2.78. The fourth-order valence-corrected chi connectivity index (χ4v) is 2.78. The zero-order chi connectivity index (χ0) is 17.4. The Hall–Kier alpha value is -2.39. The number of hydrogen-bond acceptors (Lipinski definition) is 4. The van der Waals surface area contributed by atoms with E-state index in [4.69, 9.17) is 4.74 Å². The first-order valence-electron chi connectivity index (χ1n) is 8.10. The van der Waals surface area contributed by atoms with E-state index in [0.29, 0.717) is 5.82 Å². The molecule has 1 saturated carbocycles. The molecule has 0 saturated heterocycles. The van der Waals surface area contributed by atoms with E-state index >= 15 is 0 Å². The number of amides is 2. The summed E-state index contributed by atoms with van der Waals surface area (Å²) < 4.78 is 4.89. The van der Waals surface area contributed by atoms with Crippen LogP contribution in [-0.4, -0.2) is 36.1 Å². The monoisotopic (exact) mass is 329 g/mol. The van der Waals surface area contributed by atoms with Crippen molar-refractivity contribution in [1.29, 1.82) is 0 Å². The summed E-state index contributed by atoms with van der Waals surface area (Å²) in [5.74, 6) is 6.52. The van der Waals surface area contributed by atoms with Gasteiger partial charge in [0, 0.05) is 25.8 Å². The second-order valence-electron chi connectivity index (χ2n) is 5.99. The Bertz CT molecular complexity index is 638. The number of hydrogen-bond donors (Lipinski definition) is 2. The van der Waals surface area contributed by atoms with Crippen molar-refractivity contribution in [1.82, 2.24) is 10.3 Å². The molecule has 6 nitrogen and oxygen atoms in total. The van der Waals surface area contributed by atoms with Crippen LogP contribution in [0.15, 0.2) is 18.3 Å². The molecule has 6 heteroatoms. The molecule has 2 N–H and O–H groups in total. The maximum absolute atomic E-state index is 11.9. The second-order valence-corrected chi connectivity index (χ2v) is 5.99. The van der Waals surface area contributed by atoms with Crippen LogP contribution in [0.2, 0.25) is 0 Å². The molecule has 1 aromatic heterocycles. The van der Waals surface area contributed by atoms with Gasteiger partial charge in [-0.1, -0.05) is 31.1 Å². The van der Waals surface area contributed by atoms with Gasteiger partial charge in [0.1, 0.15) is 18.0 Å². The van der Waals surface area contributed by atoms with Gasteiger partial charge in [0.05, 0.1) is 0 Å². The predicted octanol–water partition coefficient (Wildman–Crippen LogP) is 1.86. The van der Waals surface area contributed by atoms with Gasteiger partial charge in [-0.2, -0.15) is 0 Å². The Kier molecular flexibility index (Phi) is 6.33. The minimum Gasteiger partial charge on any atom is -0.375 e. The number of carbonyl (C=O) groups excluding carboxylic acids is 2. The van der Waals surface area contributed by atoms with Crippen molar-refractivity contribution in [3.8, 4) is 11.8 Å². The van der Waals surface area contributed by atoms with Gasteiger partial charge < -0.3 is 15.4 Å². The highest BCUT2D eigenvalue weighted by Crippen LogP contribution is 2.27. The molecule has 0 bridgehead atoms. The topological polar surface area (TPSA) is 80.3 Å². The average Bonchev–Trinajstić information content (AvgIpc) is 2.55. The Morgan fingerprint density at radius 2 is 2.04 bits per heavy atom. The number of anilines is 1. The minimum atomic E-state index is -0.496. The number of rotatable bonds is 4. The summed E-state index contributed by atoms with van der Waals surface area (Å²) in [7, 11) is 1.50. The first kappa shape index (κ1) is 18.0. The summed E-state index contributed by atoms with van der Waals surface area (Å²) in [6.07, 6.45) is 6.55. The molecule has 128 valence electrons. The molecule has 0 aromatic carbocycles. The lowest BCUT2D eigenvalue weighted by atomic mass is 9.82. The number of pyridine rings is 1. The summed E-state index contributed by atoms with van der Waals surface area (Å²) in [6, 6.07) is 3.52. The Morgan fingerprint density at radius 1 is 1.29 bits per heavy atom. The van der Waals surface area contributed by atoms with Gasteiger partial charge in [-0.3, -0.25) is 9.59 Å². The van der Waals surface area contributed by atoms with Crippen LogP contribution in [0.5, 0.6) is 0 Å². The highest BCUT2D eigenvalue weighted by Gasteiger charge is 2.31. The van der Waals surface area contributed by atoms with Crippen LogP contribution in [0.3, 0.4) is 0 Å². The zero-order valence-corrected chi connectivity index (χ0v) is 14.1. The molecule has 1 aliphatic rings. The van der Waals surface area contributed by atoms with E-state index in [1.165, 1.54) is 14.0 Å². The summed E-state index contributed by atoms with van der Waals surface area (Å²) in [5.41, 5.74) is 0.250. The quantitative estimate of drug-likeness (QED) is 0.826. The molecule has 1 heterocycles. The summed E-state index contributed by atoms with van der Waals surface area (Å²) in [6.45, 7) is 1.47. The number of nitrogens with zero attached hydrogens (tertiary/aromatic N) is 1. The molecule has 2 amide bonds. The Morgan fingerprint density at radius 3 is 2.62 bits per heavy atom. The molecule has 1 aliphatic carbocycles. The van der Waals surface area contributed by atoms with Gasteiger partial charge in [-0.25, -0.2) is 4.98 Å². The molecule has 0 unspecified atom stereocenters. The largest absolute Gasteiger partial charge is 0.375 e. The normalized spacial score (nSPS) is 15.8. The third-order valence-electron chi connectivity index (χ3n) is 3.87. The van der Waals surface area contributed by atoms with Gasteiger partial charge in [0.25, 0.3) is 0 Å². The van der Waals surface area contributed by atoms with Crippen molar-refractivity contribution < 1.29 is 14.3 Å². The average molecular weight is 329 g/mol. The molecule has 0 radical (unpaired) electrons. The third kappa shape index (κ3) is 5.36. The van der Waals surface area contributed by atoms with Crippen molar-refractivity contribution >= 4 is 17.6 Å². The predicted molar refractivity (Wildman–Crippen MR) is 91.3 cm³/mol. The van der Waals surface area contributed by atoms with Crippen molar-refractivity contribution in [3.63, 3.8) is 0 Å². The molecule has 0 atom stereocenters. The minimum absolute atomic E-state index is 0.0381. The maximum Gasteiger partial charge on any atom is 0.247 e. The Labute approximate surface area is 142 Å². The molecule has 24 heavy (non-hydrogen) atoms. The summed E-state index contributed by atoms with van der Waals surface area (Å²) >= 11 is 0. The third-order valence-corrected chi connectivity index (χ3v) is 3.87. The SMILES string of the molecule is COCC(=O)NC1(C#Cc2ccc(NC(C)=O)nc2)CCCCC1. The zero-order valence-electron chi connectivity index (χ0n) is 14.1. The molecule has 0 aliphatic heterocycles. The van der Waals surface area contributed by atoms with Gasteiger partial charge in [-0.05, 0) is 25.0 Å². The maximum atomic E-state index is 11.9. The van der Waals surface area contributed by atoms with E-state index in [1.54, 1.807) is 18.3 Å². The summed E-state index contributed by atoms with van der Waals surface area (Å²) in [4.78, 5) is 27.1. The van der Waals surface area contributed by atoms with Crippen LogP contribution in [-0.2, 0) is 14.3 Å². The lowest BCUT2D eigenvalue weighted by Crippen LogP contribution is -2.49. The van der Waals surface area contributed by atoms with Crippen LogP contribution >= 0.6 is 0 Å². The van der Waals surface area contributed by atoms with Crippen LogP contribution in [0.1, 0.15) is 44.6 Å². The molecule has 0 spiro atoms. The first-order valence-corrected chi connectivity index (χ1v) is 8.10. The standard InChI is InChI=1S/C18H23N3O3/c1-14(22)20-16-7-6-15(12-19-16)8-11-18(9-4-3-5-10-18)21-17(23)13-24-2/h6-7,12H,3-5,9-10,13H2,1-2H3,(H,21,23)(H,19,20,22). The lowest BCUT2D eigenvalue weighted by molar-refractivity contribution is -0.126. The Balaban J connectivity index is 2.13. The second kappa shape index (κ2) is 8.46. The van der Waals surface area contributed by atoms with Crippen LogP contribution in [0.25, 0.3) is 0 Å². The number of ether oxygens (including phenoxy) is 1. The van der Waals surface area contributed by atoms with Crippen LogP contribution < -0.4 is 10.6 Å². The van der Waals surface area contributed by atoms with Gasteiger partial charge >= 0.3 is 0 Å². The van der Waals surface area contributed by atoms with Gasteiger partial charge in [0.2, 0.25) is 11.8 Å². The molecular formula is C18H23N3O3. The summed E-state index contributed by atoms with van der Waals surface area (Å²) in [5, 5.41) is 5.64. The van der Waals surface area contributed by atoms with Crippen molar-refractivity contribution in [2.24, 2.45) is 0 Å². The number of carbonyl (C=O) groups is 2. The molecule has 1 fully saturated rings. The van der Waals surface area contributed by atoms with E-state index in [0.717, 1.165) is 37.7 Å². The molecule has 1 aromatic rings. The number of methoxy groups -OCH3 is 1.